The minimum atomic E-state index is 0.0492. The molecule has 0 radical (unpaired) electrons. The van der Waals surface area contributed by atoms with Gasteiger partial charge in [0.15, 0.2) is 0 Å². The van der Waals surface area contributed by atoms with E-state index in [1.807, 2.05) is 0 Å². The first-order valence-electron chi connectivity index (χ1n) is 4.87. The van der Waals surface area contributed by atoms with Crippen molar-refractivity contribution in [3.63, 3.8) is 0 Å². The molecule has 0 heterocycles. The second kappa shape index (κ2) is 3.91. The van der Waals surface area contributed by atoms with Crippen LogP contribution in [0.1, 0.15) is 46.0 Å². The summed E-state index contributed by atoms with van der Waals surface area (Å²) in [4.78, 5) is 0. The molecular weight excluding hydrogens is 148 g/mol. The standard InChI is InChI=1S/C10H18N2/c1-3-9(8-11)12-10(2)6-4-5-7-10/h9,12H,3-7H2,1-2H3. The Hall–Kier alpha value is -0.550. The highest BCUT2D eigenvalue weighted by atomic mass is 15.0. The third kappa shape index (κ3) is 2.22. The maximum Gasteiger partial charge on any atom is 0.0954 e. The number of hydrogen-bond acceptors (Lipinski definition) is 2. The molecule has 1 saturated carbocycles. The molecule has 1 atom stereocenters. The fraction of sp³-hybridized carbons (Fsp3) is 0.900. The Morgan fingerprint density at radius 3 is 2.50 bits per heavy atom. The van der Waals surface area contributed by atoms with Crippen molar-refractivity contribution in [1.29, 1.82) is 5.26 Å². The van der Waals surface area contributed by atoms with E-state index in [-0.39, 0.29) is 11.6 Å². The van der Waals surface area contributed by atoms with Gasteiger partial charge in [0.05, 0.1) is 12.1 Å². The molecule has 0 aromatic rings. The summed E-state index contributed by atoms with van der Waals surface area (Å²) in [6, 6.07) is 2.34. The number of hydrogen-bond donors (Lipinski definition) is 1. The molecule has 1 N–H and O–H groups in total. The quantitative estimate of drug-likeness (QED) is 0.697. The van der Waals surface area contributed by atoms with Crippen LogP contribution in [0.2, 0.25) is 0 Å². The lowest BCUT2D eigenvalue weighted by atomic mass is 9.99. The van der Waals surface area contributed by atoms with Gasteiger partial charge in [0.25, 0.3) is 0 Å². The second-order valence-electron chi connectivity index (χ2n) is 4.00. The number of nitrogens with zero attached hydrogens (tertiary/aromatic N) is 1. The van der Waals surface area contributed by atoms with Gasteiger partial charge in [-0.25, -0.2) is 0 Å². The van der Waals surface area contributed by atoms with Crippen LogP contribution in [0.15, 0.2) is 0 Å². The molecule has 0 aromatic heterocycles. The van der Waals surface area contributed by atoms with Gasteiger partial charge in [-0.05, 0) is 26.2 Å². The van der Waals surface area contributed by atoms with Crippen molar-refractivity contribution >= 4 is 0 Å². The lowest BCUT2D eigenvalue weighted by Crippen LogP contribution is -2.45. The van der Waals surface area contributed by atoms with Crippen LogP contribution in [0.3, 0.4) is 0 Å². The lowest BCUT2D eigenvalue weighted by Gasteiger charge is -2.27. The predicted octanol–water partition coefficient (Wildman–Crippen LogP) is 2.21. The molecule has 0 amide bonds. The van der Waals surface area contributed by atoms with Crippen molar-refractivity contribution < 1.29 is 0 Å². The van der Waals surface area contributed by atoms with Crippen LogP contribution in [-0.2, 0) is 0 Å². The third-order valence-corrected chi connectivity index (χ3v) is 2.79. The molecule has 1 fully saturated rings. The van der Waals surface area contributed by atoms with Crippen LogP contribution in [0.4, 0.5) is 0 Å². The van der Waals surface area contributed by atoms with Gasteiger partial charge in [-0.1, -0.05) is 19.8 Å². The molecule has 0 bridgehead atoms. The lowest BCUT2D eigenvalue weighted by molar-refractivity contribution is 0.338. The number of nitrogens with one attached hydrogen (secondary N) is 1. The van der Waals surface area contributed by atoms with Gasteiger partial charge < -0.3 is 0 Å². The van der Waals surface area contributed by atoms with E-state index in [2.05, 4.69) is 25.2 Å². The van der Waals surface area contributed by atoms with Crippen molar-refractivity contribution in [2.75, 3.05) is 0 Å². The summed E-state index contributed by atoms with van der Waals surface area (Å²) in [5, 5.41) is 12.2. The molecule has 1 aliphatic rings. The Morgan fingerprint density at radius 1 is 1.50 bits per heavy atom. The van der Waals surface area contributed by atoms with Gasteiger partial charge in [0.2, 0.25) is 0 Å². The zero-order chi connectivity index (χ0) is 9.03. The molecule has 12 heavy (non-hydrogen) atoms. The topological polar surface area (TPSA) is 35.8 Å². The van der Waals surface area contributed by atoms with E-state index < -0.39 is 0 Å². The molecule has 2 heteroatoms. The summed E-state index contributed by atoms with van der Waals surface area (Å²) in [5.41, 5.74) is 0.246. The summed E-state index contributed by atoms with van der Waals surface area (Å²) in [6.07, 6.45) is 5.99. The van der Waals surface area contributed by atoms with Crippen molar-refractivity contribution in [2.24, 2.45) is 0 Å². The first-order valence-corrected chi connectivity index (χ1v) is 4.87. The first-order chi connectivity index (χ1) is 5.70. The molecule has 0 aliphatic heterocycles. The fourth-order valence-electron chi connectivity index (χ4n) is 1.95. The Labute approximate surface area is 75.0 Å². The summed E-state index contributed by atoms with van der Waals surface area (Å²) in [5.74, 6) is 0. The van der Waals surface area contributed by atoms with E-state index in [1.54, 1.807) is 0 Å². The van der Waals surface area contributed by atoms with E-state index in [1.165, 1.54) is 25.7 Å². The van der Waals surface area contributed by atoms with E-state index in [4.69, 9.17) is 5.26 Å². The summed E-state index contributed by atoms with van der Waals surface area (Å²) in [7, 11) is 0. The van der Waals surface area contributed by atoms with Crippen LogP contribution in [0.25, 0.3) is 0 Å². The molecule has 1 rings (SSSR count). The normalized spacial score (nSPS) is 23.4. The minimum Gasteiger partial charge on any atom is -0.297 e. The Balaban J connectivity index is 2.43. The average molecular weight is 166 g/mol. The highest BCUT2D eigenvalue weighted by molar-refractivity contribution is 4.97. The van der Waals surface area contributed by atoms with Crippen LogP contribution in [0, 0.1) is 11.3 Å². The zero-order valence-corrected chi connectivity index (χ0v) is 8.06. The van der Waals surface area contributed by atoms with Gasteiger partial charge in [-0.3, -0.25) is 5.32 Å². The largest absolute Gasteiger partial charge is 0.297 e. The second-order valence-corrected chi connectivity index (χ2v) is 4.00. The SMILES string of the molecule is CCC(C#N)NC1(C)CCCC1. The summed E-state index contributed by atoms with van der Waals surface area (Å²) in [6.45, 7) is 4.29. The molecule has 0 spiro atoms. The van der Waals surface area contributed by atoms with Crippen molar-refractivity contribution in [3.05, 3.63) is 0 Å². The maximum atomic E-state index is 8.79. The van der Waals surface area contributed by atoms with E-state index in [0.717, 1.165) is 6.42 Å². The van der Waals surface area contributed by atoms with Crippen LogP contribution in [-0.4, -0.2) is 11.6 Å². The zero-order valence-electron chi connectivity index (χ0n) is 8.06. The van der Waals surface area contributed by atoms with Gasteiger partial charge in [-0.2, -0.15) is 5.26 Å². The molecule has 1 aliphatic carbocycles. The van der Waals surface area contributed by atoms with Gasteiger partial charge in [0, 0.05) is 5.54 Å². The van der Waals surface area contributed by atoms with E-state index in [0.29, 0.717) is 0 Å². The summed E-state index contributed by atoms with van der Waals surface area (Å²) < 4.78 is 0. The smallest absolute Gasteiger partial charge is 0.0954 e. The van der Waals surface area contributed by atoms with Gasteiger partial charge in [-0.15, -0.1) is 0 Å². The minimum absolute atomic E-state index is 0.0492. The maximum absolute atomic E-state index is 8.79. The first kappa shape index (κ1) is 9.54. The Kier molecular flexibility index (Phi) is 3.11. The molecule has 0 aromatic carbocycles. The number of rotatable bonds is 3. The van der Waals surface area contributed by atoms with Crippen molar-refractivity contribution in [1.82, 2.24) is 5.32 Å². The van der Waals surface area contributed by atoms with Gasteiger partial charge >= 0.3 is 0 Å². The van der Waals surface area contributed by atoms with Crippen LogP contribution < -0.4 is 5.32 Å². The van der Waals surface area contributed by atoms with Gasteiger partial charge in [0.1, 0.15) is 0 Å². The molecule has 1 unspecified atom stereocenters. The molecule has 68 valence electrons. The Morgan fingerprint density at radius 2 is 2.08 bits per heavy atom. The highest BCUT2D eigenvalue weighted by Gasteiger charge is 2.29. The van der Waals surface area contributed by atoms with Crippen molar-refractivity contribution in [2.45, 2.75) is 57.5 Å². The average Bonchev–Trinajstić information content (AvgIpc) is 2.48. The molecular formula is C10H18N2. The van der Waals surface area contributed by atoms with Crippen molar-refractivity contribution in [3.8, 4) is 6.07 Å². The van der Waals surface area contributed by atoms with Crippen LogP contribution in [0.5, 0.6) is 0 Å². The van der Waals surface area contributed by atoms with Crippen LogP contribution >= 0.6 is 0 Å². The molecule has 0 saturated heterocycles. The highest BCUT2D eigenvalue weighted by Crippen LogP contribution is 2.29. The Bertz CT molecular complexity index is 175. The summed E-state index contributed by atoms with van der Waals surface area (Å²) >= 11 is 0. The van der Waals surface area contributed by atoms with E-state index >= 15 is 0 Å². The number of nitriles is 1. The fourth-order valence-corrected chi connectivity index (χ4v) is 1.95. The molecule has 2 nitrogen and oxygen atoms in total. The van der Waals surface area contributed by atoms with E-state index in [9.17, 15) is 0 Å². The predicted molar refractivity (Wildman–Crippen MR) is 49.7 cm³/mol. The monoisotopic (exact) mass is 166 g/mol. The third-order valence-electron chi connectivity index (χ3n) is 2.79.